The van der Waals surface area contributed by atoms with Crippen LogP contribution in [0.3, 0.4) is 0 Å². The van der Waals surface area contributed by atoms with E-state index in [1.165, 1.54) is 11.1 Å². The summed E-state index contributed by atoms with van der Waals surface area (Å²) in [6.45, 7) is 8.70. The minimum absolute atomic E-state index is 0.0875. The fourth-order valence-electron chi connectivity index (χ4n) is 4.43. The third kappa shape index (κ3) is 4.44. The second-order valence-electron chi connectivity index (χ2n) is 7.93. The van der Waals surface area contributed by atoms with Gasteiger partial charge in [-0.3, -0.25) is 14.5 Å². The molecule has 2 fully saturated rings. The molecule has 142 valence electrons. The predicted molar refractivity (Wildman–Crippen MR) is 103 cm³/mol. The van der Waals surface area contributed by atoms with E-state index in [0.29, 0.717) is 19.5 Å². The average molecular weight is 357 g/mol. The van der Waals surface area contributed by atoms with E-state index in [0.717, 1.165) is 45.4 Å². The number of hydrogen-bond donors (Lipinski definition) is 1. The van der Waals surface area contributed by atoms with Crippen LogP contribution in [-0.2, 0) is 16.1 Å². The quantitative estimate of drug-likeness (QED) is 0.880. The lowest BCUT2D eigenvalue weighted by molar-refractivity contribution is -0.139. The first-order chi connectivity index (χ1) is 12.5. The number of amides is 2. The zero-order chi connectivity index (χ0) is 18.6. The minimum atomic E-state index is 0.0875. The zero-order valence-corrected chi connectivity index (χ0v) is 16.1. The van der Waals surface area contributed by atoms with Gasteiger partial charge in [0.1, 0.15) is 0 Å². The highest BCUT2D eigenvalue weighted by Crippen LogP contribution is 2.38. The first-order valence-electron chi connectivity index (χ1n) is 9.83. The van der Waals surface area contributed by atoms with E-state index < -0.39 is 0 Å². The monoisotopic (exact) mass is 357 g/mol. The Balaban J connectivity index is 1.52. The number of benzene rings is 1. The Kier molecular flexibility index (Phi) is 5.97. The molecule has 1 spiro atoms. The number of nitrogens with zero attached hydrogens (tertiary/aromatic N) is 2. The average Bonchev–Trinajstić information content (AvgIpc) is 2.63. The number of nitrogens with one attached hydrogen (secondary N) is 1. The maximum absolute atomic E-state index is 12.4. The molecule has 0 saturated carbocycles. The number of carbonyl (C=O) groups excluding carboxylic acids is 2. The minimum Gasteiger partial charge on any atom is -0.351 e. The fourth-order valence-corrected chi connectivity index (χ4v) is 4.43. The first kappa shape index (κ1) is 18.9. The van der Waals surface area contributed by atoms with Crippen molar-refractivity contribution in [3.8, 4) is 0 Å². The van der Waals surface area contributed by atoms with Gasteiger partial charge in [-0.25, -0.2) is 0 Å². The largest absolute Gasteiger partial charge is 0.351 e. The van der Waals surface area contributed by atoms with Crippen molar-refractivity contribution in [3.63, 3.8) is 0 Å². The van der Waals surface area contributed by atoms with Crippen molar-refractivity contribution in [2.45, 2.75) is 46.1 Å². The van der Waals surface area contributed by atoms with Gasteiger partial charge in [-0.2, -0.15) is 0 Å². The van der Waals surface area contributed by atoms with E-state index in [1.807, 2.05) is 17.0 Å². The molecule has 2 saturated heterocycles. The second-order valence-corrected chi connectivity index (χ2v) is 7.93. The molecule has 26 heavy (non-hydrogen) atoms. The molecule has 0 bridgehead atoms. The van der Waals surface area contributed by atoms with Gasteiger partial charge in [-0.15, -0.1) is 0 Å². The molecule has 2 amide bonds. The number of hydrogen-bond acceptors (Lipinski definition) is 3. The summed E-state index contributed by atoms with van der Waals surface area (Å²) in [4.78, 5) is 28.7. The maximum Gasteiger partial charge on any atom is 0.234 e. The van der Waals surface area contributed by atoms with Crippen molar-refractivity contribution >= 4 is 11.8 Å². The van der Waals surface area contributed by atoms with Crippen LogP contribution in [0, 0.1) is 12.3 Å². The van der Waals surface area contributed by atoms with E-state index in [2.05, 4.69) is 36.2 Å². The van der Waals surface area contributed by atoms with Crippen molar-refractivity contribution in [2.75, 3.05) is 32.7 Å². The molecular formula is C21H31N3O2. The zero-order valence-electron chi connectivity index (χ0n) is 16.1. The van der Waals surface area contributed by atoms with Gasteiger partial charge in [0.25, 0.3) is 0 Å². The number of aryl methyl sites for hydroxylation is 1. The second kappa shape index (κ2) is 8.21. The molecule has 5 heteroatoms. The van der Waals surface area contributed by atoms with E-state index >= 15 is 0 Å². The molecular weight excluding hydrogens is 326 g/mol. The van der Waals surface area contributed by atoms with Gasteiger partial charge < -0.3 is 10.2 Å². The number of piperidine rings is 2. The summed E-state index contributed by atoms with van der Waals surface area (Å²) in [5, 5.41) is 3.06. The summed E-state index contributed by atoms with van der Waals surface area (Å²) in [7, 11) is 0. The molecule has 1 N–H and O–H groups in total. The summed E-state index contributed by atoms with van der Waals surface area (Å²) in [6, 6.07) is 8.15. The van der Waals surface area contributed by atoms with Crippen molar-refractivity contribution in [3.05, 3.63) is 35.4 Å². The van der Waals surface area contributed by atoms with Gasteiger partial charge >= 0.3 is 0 Å². The Hall–Kier alpha value is -1.88. The molecule has 2 heterocycles. The van der Waals surface area contributed by atoms with Crippen LogP contribution in [0.4, 0.5) is 0 Å². The summed E-state index contributed by atoms with van der Waals surface area (Å²) in [5.74, 6) is 0.371. The SMILES string of the molecule is CCN1C[C@@]2(CCCN(CC(=O)NCc3ccccc3C)C2)CCC1=O. The molecule has 0 aliphatic carbocycles. The summed E-state index contributed by atoms with van der Waals surface area (Å²) >= 11 is 0. The van der Waals surface area contributed by atoms with E-state index in [9.17, 15) is 9.59 Å². The highest BCUT2D eigenvalue weighted by Gasteiger charge is 2.41. The Bertz CT molecular complexity index is 660. The molecule has 0 unspecified atom stereocenters. The highest BCUT2D eigenvalue weighted by atomic mass is 16.2. The van der Waals surface area contributed by atoms with Crippen LogP contribution >= 0.6 is 0 Å². The van der Waals surface area contributed by atoms with Gasteiger partial charge in [0.2, 0.25) is 11.8 Å². The number of likely N-dealkylation sites (tertiary alicyclic amines) is 2. The lowest BCUT2D eigenvalue weighted by atomic mass is 9.73. The smallest absolute Gasteiger partial charge is 0.234 e. The van der Waals surface area contributed by atoms with Crippen molar-refractivity contribution < 1.29 is 9.59 Å². The molecule has 2 aliphatic heterocycles. The Morgan fingerprint density at radius 1 is 1.23 bits per heavy atom. The van der Waals surface area contributed by atoms with Gasteiger partial charge in [0.05, 0.1) is 6.54 Å². The summed E-state index contributed by atoms with van der Waals surface area (Å²) in [6.07, 6.45) is 3.89. The van der Waals surface area contributed by atoms with E-state index in [-0.39, 0.29) is 17.2 Å². The topological polar surface area (TPSA) is 52.6 Å². The number of rotatable bonds is 5. The van der Waals surface area contributed by atoms with Gasteiger partial charge in [-0.05, 0) is 50.8 Å². The summed E-state index contributed by atoms with van der Waals surface area (Å²) in [5.41, 5.74) is 2.55. The Morgan fingerprint density at radius 2 is 2.04 bits per heavy atom. The van der Waals surface area contributed by atoms with Gasteiger partial charge in [-0.1, -0.05) is 24.3 Å². The van der Waals surface area contributed by atoms with Crippen LogP contribution in [0.15, 0.2) is 24.3 Å². The van der Waals surface area contributed by atoms with Gasteiger partial charge in [0.15, 0.2) is 0 Å². The molecule has 1 aromatic carbocycles. The van der Waals surface area contributed by atoms with Crippen LogP contribution in [0.1, 0.15) is 43.7 Å². The lowest BCUT2D eigenvalue weighted by Gasteiger charge is -2.48. The third-order valence-electron chi connectivity index (χ3n) is 5.97. The number of carbonyl (C=O) groups is 2. The normalized spacial score (nSPS) is 24.1. The van der Waals surface area contributed by atoms with Crippen LogP contribution in [0.25, 0.3) is 0 Å². The third-order valence-corrected chi connectivity index (χ3v) is 5.97. The van der Waals surface area contributed by atoms with Crippen LogP contribution in [-0.4, -0.2) is 54.3 Å². The molecule has 0 aromatic heterocycles. The summed E-state index contributed by atoms with van der Waals surface area (Å²) < 4.78 is 0. The van der Waals surface area contributed by atoms with Crippen molar-refractivity contribution in [2.24, 2.45) is 5.41 Å². The van der Waals surface area contributed by atoms with E-state index in [1.54, 1.807) is 0 Å². The molecule has 0 radical (unpaired) electrons. The molecule has 2 aliphatic rings. The van der Waals surface area contributed by atoms with E-state index in [4.69, 9.17) is 0 Å². The fraction of sp³-hybridized carbons (Fsp3) is 0.619. The first-order valence-corrected chi connectivity index (χ1v) is 9.83. The van der Waals surface area contributed by atoms with Crippen molar-refractivity contribution in [1.82, 2.24) is 15.1 Å². The van der Waals surface area contributed by atoms with Crippen LogP contribution < -0.4 is 5.32 Å². The van der Waals surface area contributed by atoms with Crippen LogP contribution in [0.5, 0.6) is 0 Å². The molecule has 1 aromatic rings. The Labute approximate surface area is 156 Å². The Morgan fingerprint density at radius 3 is 2.81 bits per heavy atom. The standard InChI is InChI=1S/C21H31N3O2/c1-3-24-16-21(11-9-20(24)26)10-6-12-23(15-21)14-19(25)22-13-18-8-5-4-7-17(18)2/h4-5,7-8H,3,6,9-16H2,1-2H3,(H,22,25)/t21-/m0/s1. The molecule has 5 nitrogen and oxygen atoms in total. The molecule has 3 rings (SSSR count). The lowest BCUT2D eigenvalue weighted by Crippen LogP contribution is -2.55. The maximum atomic E-state index is 12.4. The predicted octanol–water partition coefficient (Wildman–Crippen LogP) is 2.34. The molecule has 1 atom stereocenters. The van der Waals surface area contributed by atoms with Gasteiger partial charge in [0, 0.05) is 38.0 Å². The van der Waals surface area contributed by atoms with Crippen molar-refractivity contribution in [1.29, 1.82) is 0 Å². The van der Waals surface area contributed by atoms with Crippen LogP contribution in [0.2, 0.25) is 0 Å². The highest BCUT2D eigenvalue weighted by molar-refractivity contribution is 5.78.